The lowest BCUT2D eigenvalue weighted by atomic mass is 10.3. The molecule has 17 heavy (non-hydrogen) atoms. The summed E-state index contributed by atoms with van der Waals surface area (Å²) in [6.07, 6.45) is 0.657. The summed E-state index contributed by atoms with van der Waals surface area (Å²) in [4.78, 5) is 11.8. The van der Waals surface area contributed by atoms with Gasteiger partial charge in [-0.3, -0.25) is 4.79 Å². The van der Waals surface area contributed by atoms with Crippen LogP contribution in [0.15, 0.2) is 20.1 Å². The average Bonchev–Trinajstić information content (AvgIpc) is 2.70. The largest absolute Gasteiger partial charge is 0.465 e. The van der Waals surface area contributed by atoms with Crippen LogP contribution in [0.4, 0.5) is 0 Å². The summed E-state index contributed by atoms with van der Waals surface area (Å²) in [6.45, 7) is 2.78. The molecular weight excluding hydrogens is 324 g/mol. The van der Waals surface area contributed by atoms with Crippen molar-refractivity contribution in [3.8, 4) is 0 Å². The lowest BCUT2D eigenvalue weighted by Gasteiger charge is -2.14. The van der Waals surface area contributed by atoms with Crippen LogP contribution in [0.1, 0.15) is 13.3 Å². The van der Waals surface area contributed by atoms with Gasteiger partial charge in [0.05, 0.1) is 10.8 Å². The summed E-state index contributed by atoms with van der Waals surface area (Å²) in [5.74, 6) is -0.171. The van der Waals surface area contributed by atoms with E-state index >= 15 is 0 Å². The monoisotopic (exact) mass is 338 g/mol. The van der Waals surface area contributed by atoms with Crippen molar-refractivity contribution in [2.75, 3.05) is 20.3 Å². The number of thioether (sulfide) groups is 1. The van der Waals surface area contributed by atoms with Crippen LogP contribution in [0.5, 0.6) is 0 Å². The second-order valence-corrected chi connectivity index (χ2v) is 6.44. The van der Waals surface area contributed by atoms with Crippen LogP contribution in [0.3, 0.4) is 0 Å². The number of thiophene rings is 1. The first kappa shape index (κ1) is 15.0. The van der Waals surface area contributed by atoms with Crippen LogP contribution < -0.4 is 0 Å². The van der Waals surface area contributed by atoms with Crippen molar-refractivity contribution in [3.05, 3.63) is 15.9 Å². The van der Waals surface area contributed by atoms with Gasteiger partial charge in [0.15, 0.2) is 0 Å². The minimum atomic E-state index is -0.204. The Morgan fingerprint density at radius 2 is 2.41 bits per heavy atom. The molecule has 1 unspecified atom stereocenters. The number of hydrogen-bond donors (Lipinski definition) is 0. The van der Waals surface area contributed by atoms with E-state index in [1.54, 1.807) is 18.4 Å². The Bertz CT molecular complexity index is 354. The van der Waals surface area contributed by atoms with Crippen molar-refractivity contribution in [2.24, 2.45) is 0 Å². The minimum absolute atomic E-state index is 0.171. The molecule has 1 heterocycles. The smallest absolute Gasteiger partial charge is 0.319 e. The summed E-state index contributed by atoms with van der Waals surface area (Å²) >= 11 is 6.60. The Morgan fingerprint density at radius 3 is 2.94 bits per heavy atom. The maximum Gasteiger partial charge on any atom is 0.319 e. The summed E-state index contributed by atoms with van der Waals surface area (Å²) in [6, 6.07) is 1.98. The topological polar surface area (TPSA) is 35.5 Å². The zero-order valence-corrected chi connectivity index (χ0v) is 13.0. The van der Waals surface area contributed by atoms with Crippen molar-refractivity contribution >= 4 is 45.0 Å². The molecule has 0 aliphatic carbocycles. The summed E-state index contributed by atoms with van der Waals surface area (Å²) in [5, 5.41) is 1.79. The van der Waals surface area contributed by atoms with E-state index in [2.05, 4.69) is 15.9 Å². The van der Waals surface area contributed by atoms with Crippen molar-refractivity contribution in [3.63, 3.8) is 0 Å². The number of methoxy groups -OCH3 is 1. The number of rotatable bonds is 7. The highest BCUT2D eigenvalue weighted by molar-refractivity contribution is 9.10. The molecule has 1 aromatic rings. The van der Waals surface area contributed by atoms with Crippen LogP contribution >= 0.6 is 39.0 Å². The zero-order chi connectivity index (χ0) is 12.7. The average molecular weight is 339 g/mol. The van der Waals surface area contributed by atoms with E-state index in [9.17, 15) is 4.79 Å². The van der Waals surface area contributed by atoms with Gasteiger partial charge in [-0.15, -0.1) is 11.3 Å². The van der Waals surface area contributed by atoms with E-state index < -0.39 is 0 Å². The second kappa shape index (κ2) is 8.13. The Hall–Kier alpha value is -0.0400. The first-order valence-electron chi connectivity index (χ1n) is 5.24. The molecule has 1 aromatic heterocycles. The third-order valence-electron chi connectivity index (χ3n) is 1.97. The third kappa shape index (κ3) is 4.99. The van der Waals surface area contributed by atoms with E-state index in [1.165, 1.54) is 11.8 Å². The second-order valence-electron chi connectivity index (χ2n) is 3.20. The predicted octanol–water partition coefficient (Wildman–Crippen LogP) is 3.57. The zero-order valence-electron chi connectivity index (χ0n) is 9.77. The number of ether oxygens (including phenoxy) is 2. The van der Waals surface area contributed by atoms with Crippen LogP contribution in [0.2, 0.25) is 0 Å². The van der Waals surface area contributed by atoms with Gasteiger partial charge < -0.3 is 9.47 Å². The van der Waals surface area contributed by atoms with Gasteiger partial charge in [0.1, 0.15) is 5.25 Å². The minimum Gasteiger partial charge on any atom is -0.465 e. The molecule has 0 spiro atoms. The Morgan fingerprint density at radius 1 is 1.65 bits per heavy atom. The standard InChI is InChI=1S/C11H15BrO3S2/c1-3-15-10(13)9(4-6-14-2)17-11-8(12)5-7-16-11/h5,7,9H,3-4,6H2,1-2H3. The van der Waals surface area contributed by atoms with Crippen molar-refractivity contribution in [2.45, 2.75) is 22.8 Å². The van der Waals surface area contributed by atoms with Gasteiger partial charge in [-0.05, 0) is 40.7 Å². The summed E-state index contributed by atoms with van der Waals surface area (Å²) < 4.78 is 12.2. The van der Waals surface area contributed by atoms with Gasteiger partial charge in [-0.25, -0.2) is 0 Å². The molecular formula is C11H15BrO3S2. The molecule has 0 aromatic carbocycles. The fraction of sp³-hybridized carbons (Fsp3) is 0.545. The van der Waals surface area contributed by atoms with Gasteiger partial charge in [0.2, 0.25) is 0 Å². The molecule has 3 nitrogen and oxygen atoms in total. The molecule has 96 valence electrons. The van der Waals surface area contributed by atoms with E-state index in [1.807, 2.05) is 18.4 Å². The number of esters is 1. The maximum absolute atomic E-state index is 11.8. The summed E-state index contributed by atoms with van der Waals surface area (Å²) in [7, 11) is 1.63. The molecule has 0 fully saturated rings. The quantitative estimate of drug-likeness (QED) is 0.562. The fourth-order valence-corrected chi connectivity index (χ4v) is 4.11. The van der Waals surface area contributed by atoms with E-state index in [4.69, 9.17) is 9.47 Å². The van der Waals surface area contributed by atoms with E-state index in [0.717, 1.165) is 8.68 Å². The molecule has 0 saturated carbocycles. The van der Waals surface area contributed by atoms with Crippen LogP contribution in [-0.2, 0) is 14.3 Å². The van der Waals surface area contributed by atoms with Crippen molar-refractivity contribution in [1.82, 2.24) is 0 Å². The lowest BCUT2D eigenvalue weighted by molar-refractivity contribution is -0.142. The summed E-state index contributed by atoms with van der Waals surface area (Å²) in [5.41, 5.74) is 0. The normalized spacial score (nSPS) is 12.4. The molecule has 0 radical (unpaired) electrons. The third-order valence-corrected chi connectivity index (χ3v) is 5.58. The van der Waals surface area contributed by atoms with Gasteiger partial charge in [-0.1, -0.05) is 11.8 Å². The molecule has 1 atom stereocenters. The lowest BCUT2D eigenvalue weighted by Crippen LogP contribution is -2.21. The number of carbonyl (C=O) groups is 1. The molecule has 0 saturated heterocycles. The molecule has 0 aliphatic rings. The SMILES string of the molecule is CCOC(=O)C(CCOC)Sc1sccc1Br. The molecule has 0 aliphatic heterocycles. The highest BCUT2D eigenvalue weighted by Gasteiger charge is 2.22. The van der Waals surface area contributed by atoms with E-state index in [-0.39, 0.29) is 11.2 Å². The molecule has 0 N–H and O–H groups in total. The van der Waals surface area contributed by atoms with Crippen molar-refractivity contribution in [1.29, 1.82) is 0 Å². The molecule has 1 rings (SSSR count). The molecule has 0 amide bonds. The van der Waals surface area contributed by atoms with Gasteiger partial charge in [0, 0.05) is 18.2 Å². The Balaban J connectivity index is 2.63. The molecule has 6 heteroatoms. The van der Waals surface area contributed by atoms with Crippen LogP contribution in [0.25, 0.3) is 0 Å². The maximum atomic E-state index is 11.8. The van der Waals surface area contributed by atoms with Gasteiger partial charge in [0.25, 0.3) is 0 Å². The number of halogens is 1. The van der Waals surface area contributed by atoms with Gasteiger partial charge in [-0.2, -0.15) is 0 Å². The van der Waals surface area contributed by atoms with E-state index in [0.29, 0.717) is 19.6 Å². The van der Waals surface area contributed by atoms with Crippen LogP contribution in [-0.4, -0.2) is 31.5 Å². The highest BCUT2D eigenvalue weighted by Crippen LogP contribution is 2.36. The number of hydrogen-bond acceptors (Lipinski definition) is 5. The Labute approximate surface area is 118 Å². The fourth-order valence-electron chi connectivity index (χ4n) is 1.18. The Kier molecular flexibility index (Phi) is 7.18. The first-order valence-corrected chi connectivity index (χ1v) is 7.79. The predicted molar refractivity (Wildman–Crippen MR) is 74.8 cm³/mol. The number of carbonyl (C=O) groups excluding carboxylic acids is 1. The van der Waals surface area contributed by atoms with Gasteiger partial charge >= 0.3 is 5.97 Å². The first-order chi connectivity index (χ1) is 8.19. The van der Waals surface area contributed by atoms with Crippen LogP contribution in [0, 0.1) is 0 Å². The highest BCUT2D eigenvalue weighted by atomic mass is 79.9. The molecule has 0 bridgehead atoms. The van der Waals surface area contributed by atoms with Crippen molar-refractivity contribution < 1.29 is 14.3 Å².